The molecule has 21 heavy (non-hydrogen) atoms. The number of carbonyl (C=O) groups is 2. The van der Waals surface area contributed by atoms with Crippen molar-refractivity contribution in [2.75, 3.05) is 24.6 Å². The molecule has 2 rings (SSSR count). The lowest BCUT2D eigenvalue weighted by molar-refractivity contribution is 0.0692. The first-order valence-corrected chi connectivity index (χ1v) is 7.05. The van der Waals surface area contributed by atoms with E-state index in [1.807, 2.05) is 0 Å². The van der Waals surface area contributed by atoms with Crippen molar-refractivity contribution in [3.63, 3.8) is 0 Å². The Hall–Kier alpha value is -2.24. The SMILES string of the molecule is CC(C)CCNC(=O)N1CCOc2c(C(=O)O)cccc21. The van der Waals surface area contributed by atoms with Crippen LogP contribution in [0.2, 0.25) is 0 Å². The Morgan fingerprint density at radius 3 is 2.86 bits per heavy atom. The van der Waals surface area contributed by atoms with Crippen molar-refractivity contribution in [3.8, 4) is 5.75 Å². The largest absolute Gasteiger partial charge is 0.489 e. The predicted molar refractivity (Wildman–Crippen MR) is 79.1 cm³/mol. The average molecular weight is 292 g/mol. The van der Waals surface area contributed by atoms with Crippen molar-refractivity contribution >= 4 is 17.7 Å². The van der Waals surface area contributed by atoms with Crippen LogP contribution in [0.25, 0.3) is 0 Å². The van der Waals surface area contributed by atoms with Gasteiger partial charge < -0.3 is 15.2 Å². The molecule has 0 aromatic heterocycles. The highest BCUT2D eigenvalue weighted by molar-refractivity contribution is 5.99. The summed E-state index contributed by atoms with van der Waals surface area (Å²) in [6, 6.07) is 4.57. The van der Waals surface area contributed by atoms with E-state index in [9.17, 15) is 9.59 Å². The number of carboxylic acids is 1. The molecule has 0 unspecified atom stereocenters. The van der Waals surface area contributed by atoms with Crippen LogP contribution < -0.4 is 15.0 Å². The minimum absolute atomic E-state index is 0.0761. The van der Waals surface area contributed by atoms with E-state index in [0.29, 0.717) is 24.7 Å². The molecular weight excluding hydrogens is 272 g/mol. The van der Waals surface area contributed by atoms with Crippen molar-refractivity contribution in [2.45, 2.75) is 20.3 Å². The predicted octanol–water partition coefficient (Wildman–Crippen LogP) is 2.34. The average Bonchev–Trinajstić information content (AvgIpc) is 2.45. The number of fused-ring (bicyclic) bond motifs is 1. The minimum Gasteiger partial charge on any atom is -0.489 e. The molecule has 0 aliphatic carbocycles. The highest BCUT2D eigenvalue weighted by atomic mass is 16.5. The number of hydrogen-bond donors (Lipinski definition) is 2. The van der Waals surface area contributed by atoms with Gasteiger partial charge in [0, 0.05) is 6.54 Å². The summed E-state index contributed by atoms with van der Waals surface area (Å²) < 4.78 is 5.44. The van der Waals surface area contributed by atoms with Crippen molar-refractivity contribution in [1.29, 1.82) is 0 Å². The summed E-state index contributed by atoms with van der Waals surface area (Å²) in [7, 11) is 0. The topological polar surface area (TPSA) is 78.9 Å². The van der Waals surface area contributed by atoms with Gasteiger partial charge in [-0.15, -0.1) is 0 Å². The van der Waals surface area contributed by atoms with Crippen LogP contribution in [0.3, 0.4) is 0 Å². The Balaban J connectivity index is 2.16. The monoisotopic (exact) mass is 292 g/mol. The summed E-state index contributed by atoms with van der Waals surface area (Å²) in [6.45, 7) is 5.48. The van der Waals surface area contributed by atoms with Crippen LogP contribution >= 0.6 is 0 Å². The van der Waals surface area contributed by atoms with Gasteiger partial charge in [0.2, 0.25) is 0 Å². The standard InChI is InChI=1S/C15H20N2O4/c1-10(2)6-7-16-15(20)17-8-9-21-13-11(14(18)19)4-3-5-12(13)17/h3-5,10H,6-9H2,1-2H3,(H,16,20)(H,18,19). The van der Waals surface area contributed by atoms with Crippen LogP contribution in [-0.4, -0.2) is 36.8 Å². The smallest absolute Gasteiger partial charge is 0.339 e. The molecule has 114 valence electrons. The number of ether oxygens (including phenoxy) is 1. The van der Waals surface area contributed by atoms with E-state index in [0.717, 1.165) is 6.42 Å². The number of rotatable bonds is 4. The van der Waals surface area contributed by atoms with Gasteiger partial charge in [-0.05, 0) is 24.5 Å². The van der Waals surface area contributed by atoms with Gasteiger partial charge >= 0.3 is 12.0 Å². The fourth-order valence-corrected chi connectivity index (χ4v) is 2.19. The molecule has 0 spiro atoms. The van der Waals surface area contributed by atoms with E-state index >= 15 is 0 Å². The fraction of sp³-hybridized carbons (Fsp3) is 0.467. The van der Waals surface area contributed by atoms with E-state index in [-0.39, 0.29) is 24.0 Å². The molecule has 0 fully saturated rings. The van der Waals surface area contributed by atoms with E-state index in [1.165, 1.54) is 11.0 Å². The molecule has 1 aliphatic rings. The Bertz CT molecular complexity index is 542. The molecule has 0 bridgehead atoms. The van der Waals surface area contributed by atoms with Crippen molar-refractivity contribution in [1.82, 2.24) is 5.32 Å². The summed E-state index contributed by atoms with van der Waals surface area (Å²) in [6.07, 6.45) is 0.901. The lowest BCUT2D eigenvalue weighted by Crippen LogP contribution is -2.45. The Morgan fingerprint density at radius 2 is 2.19 bits per heavy atom. The third-order valence-electron chi connectivity index (χ3n) is 3.32. The van der Waals surface area contributed by atoms with Gasteiger partial charge in [0.25, 0.3) is 0 Å². The zero-order valence-electron chi connectivity index (χ0n) is 12.3. The molecule has 1 aliphatic heterocycles. The van der Waals surface area contributed by atoms with Crippen LogP contribution in [0.15, 0.2) is 18.2 Å². The van der Waals surface area contributed by atoms with Gasteiger partial charge in [-0.25, -0.2) is 9.59 Å². The number of benzene rings is 1. The molecule has 1 heterocycles. The maximum Gasteiger partial charge on any atom is 0.339 e. The molecule has 1 aromatic carbocycles. The molecule has 1 aromatic rings. The van der Waals surface area contributed by atoms with Gasteiger partial charge in [0.1, 0.15) is 12.2 Å². The molecule has 0 atom stereocenters. The van der Waals surface area contributed by atoms with Gasteiger partial charge in [-0.3, -0.25) is 4.90 Å². The summed E-state index contributed by atoms with van der Waals surface area (Å²) >= 11 is 0. The molecule has 2 N–H and O–H groups in total. The van der Waals surface area contributed by atoms with Crippen LogP contribution in [-0.2, 0) is 0 Å². The molecular formula is C15H20N2O4. The Kier molecular flexibility index (Phi) is 4.67. The first kappa shape index (κ1) is 15.2. The van der Waals surface area contributed by atoms with Gasteiger partial charge in [-0.1, -0.05) is 19.9 Å². The van der Waals surface area contributed by atoms with Crippen LogP contribution in [0.4, 0.5) is 10.5 Å². The van der Waals surface area contributed by atoms with Gasteiger partial charge in [0.15, 0.2) is 5.75 Å². The highest BCUT2D eigenvalue weighted by Crippen LogP contribution is 2.34. The van der Waals surface area contributed by atoms with Crippen molar-refractivity contribution in [3.05, 3.63) is 23.8 Å². The van der Waals surface area contributed by atoms with Gasteiger partial charge in [-0.2, -0.15) is 0 Å². The fourth-order valence-electron chi connectivity index (χ4n) is 2.19. The number of aromatic carboxylic acids is 1. The van der Waals surface area contributed by atoms with E-state index in [2.05, 4.69) is 19.2 Å². The molecule has 6 nitrogen and oxygen atoms in total. The van der Waals surface area contributed by atoms with Crippen LogP contribution in [0, 0.1) is 5.92 Å². The Labute approximate surface area is 123 Å². The molecule has 0 saturated carbocycles. The number of urea groups is 1. The first-order valence-electron chi connectivity index (χ1n) is 7.05. The number of carbonyl (C=O) groups excluding carboxylic acids is 1. The van der Waals surface area contributed by atoms with Crippen molar-refractivity contribution in [2.24, 2.45) is 5.92 Å². The maximum absolute atomic E-state index is 12.2. The van der Waals surface area contributed by atoms with Crippen LogP contribution in [0.1, 0.15) is 30.6 Å². The lowest BCUT2D eigenvalue weighted by Gasteiger charge is -2.30. The Morgan fingerprint density at radius 1 is 1.43 bits per heavy atom. The number of hydrogen-bond acceptors (Lipinski definition) is 3. The summed E-state index contributed by atoms with van der Waals surface area (Å²) in [5, 5.41) is 12.0. The first-order chi connectivity index (χ1) is 10.0. The third kappa shape index (κ3) is 3.45. The number of amides is 2. The van der Waals surface area contributed by atoms with E-state index in [1.54, 1.807) is 12.1 Å². The quantitative estimate of drug-likeness (QED) is 0.892. The second kappa shape index (κ2) is 6.47. The van der Waals surface area contributed by atoms with Gasteiger partial charge in [0.05, 0.1) is 12.2 Å². The number of nitrogens with one attached hydrogen (secondary N) is 1. The number of carboxylic acid groups (broad SMARTS) is 1. The third-order valence-corrected chi connectivity index (χ3v) is 3.32. The molecule has 0 saturated heterocycles. The summed E-state index contributed by atoms with van der Waals surface area (Å²) in [4.78, 5) is 25.0. The summed E-state index contributed by atoms with van der Waals surface area (Å²) in [5.74, 6) is -0.287. The minimum atomic E-state index is -1.06. The zero-order valence-corrected chi connectivity index (χ0v) is 12.3. The lowest BCUT2D eigenvalue weighted by atomic mass is 10.1. The second-order valence-electron chi connectivity index (χ2n) is 5.37. The zero-order chi connectivity index (χ0) is 15.4. The van der Waals surface area contributed by atoms with Crippen molar-refractivity contribution < 1.29 is 19.4 Å². The maximum atomic E-state index is 12.2. The highest BCUT2D eigenvalue weighted by Gasteiger charge is 2.27. The van der Waals surface area contributed by atoms with E-state index < -0.39 is 5.97 Å². The molecule has 2 amide bonds. The normalized spacial score (nSPS) is 13.6. The second-order valence-corrected chi connectivity index (χ2v) is 5.37. The summed E-state index contributed by atoms with van der Waals surface area (Å²) in [5.41, 5.74) is 0.579. The van der Waals surface area contributed by atoms with Crippen LogP contribution in [0.5, 0.6) is 5.75 Å². The van der Waals surface area contributed by atoms with E-state index in [4.69, 9.17) is 9.84 Å². The number of anilines is 1. The number of para-hydroxylation sites is 1. The molecule has 0 radical (unpaired) electrons. The number of nitrogens with zero attached hydrogens (tertiary/aromatic N) is 1. The molecule has 6 heteroatoms.